The zero-order chi connectivity index (χ0) is 18.2. The summed E-state index contributed by atoms with van der Waals surface area (Å²) in [5.41, 5.74) is 0.894. The number of aromatic nitrogens is 2. The molecule has 0 spiro atoms. The maximum atomic E-state index is 12.9. The summed E-state index contributed by atoms with van der Waals surface area (Å²) in [6, 6.07) is 6.33. The molecule has 1 amide bonds. The number of halogens is 3. The van der Waals surface area contributed by atoms with Crippen molar-refractivity contribution in [1.29, 1.82) is 0 Å². The first kappa shape index (κ1) is 17.3. The third-order valence-corrected chi connectivity index (χ3v) is 4.02. The van der Waals surface area contributed by atoms with Crippen molar-refractivity contribution in [3.05, 3.63) is 41.2 Å². The van der Waals surface area contributed by atoms with E-state index in [-0.39, 0.29) is 12.5 Å². The van der Waals surface area contributed by atoms with Crippen molar-refractivity contribution in [1.82, 2.24) is 9.78 Å². The van der Waals surface area contributed by atoms with Gasteiger partial charge in [-0.15, -0.1) is 0 Å². The maximum Gasteiger partial charge on any atom is 0.435 e. The number of carbonyl (C=O) groups excluding carboxylic acids is 1. The molecule has 0 bridgehead atoms. The van der Waals surface area contributed by atoms with Crippen LogP contribution in [0.5, 0.6) is 5.75 Å². The first-order valence-corrected chi connectivity index (χ1v) is 7.87. The van der Waals surface area contributed by atoms with Gasteiger partial charge in [0.2, 0.25) is 5.91 Å². The molecular formula is C17H18F3N3O2. The molecule has 1 heterocycles. The number of nitrogens with zero attached hydrogens (tertiary/aromatic N) is 2. The van der Waals surface area contributed by atoms with Gasteiger partial charge < -0.3 is 10.1 Å². The molecule has 0 saturated heterocycles. The molecule has 2 aromatic rings. The van der Waals surface area contributed by atoms with Gasteiger partial charge in [0.05, 0.1) is 12.8 Å². The van der Waals surface area contributed by atoms with E-state index < -0.39 is 17.8 Å². The van der Waals surface area contributed by atoms with Crippen LogP contribution < -0.4 is 10.1 Å². The molecule has 1 aliphatic carbocycles. The summed E-state index contributed by atoms with van der Waals surface area (Å²) >= 11 is 0. The van der Waals surface area contributed by atoms with Crippen LogP contribution in [0.25, 0.3) is 0 Å². The minimum Gasteiger partial charge on any atom is -0.495 e. The highest BCUT2D eigenvalue weighted by Gasteiger charge is 2.38. The van der Waals surface area contributed by atoms with Crippen LogP contribution in [0.1, 0.15) is 35.7 Å². The smallest absolute Gasteiger partial charge is 0.435 e. The number of rotatable bonds is 5. The van der Waals surface area contributed by atoms with E-state index in [1.54, 1.807) is 12.1 Å². The highest BCUT2D eigenvalue weighted by atomic mass is 19.4. The number of anilines is 1. The van der Waals surface area contributed by atoms with Crippen molar-refractivity contribution in [2.45, 2.75) is 38.4 Å². The lowest BCUT2D eigenvalue weighted by molar-refractivity contribution is -0.141. The first-order valence-electron chi connectivity index (χ1n) is 7.87. The zero-order valence-electron chi connectivity index (χ0n) is 13.9. The third-order valence-electron chi connectivity index (χ3n) is 4.02. The Hall–Kier alpha value is -2.51. The lowest BCUT2D eigenvalue weighted by atomic mass is 10.2. The molecule has 0 aliphatic heterocycles. The minimum atomic E-state index is -4.52. The summed E-state index contributed by atoms with van der Waals surface area (Å²) in [4.78, 5) is 12.3. The highest BCUT2D eigenvalue weighted by molar-refractivity contribution is 5.92. The topological polar surface area (TPSA) is 56.1 Å². The molecule has 1 N–H and O–H groups in total. The number of nitrogens with one attached hydrogen (secondary N) is 1. The molecule has 0 unspecified atom stereocenters. The van der Waals surface area contributed by atoms with E-state index in [9.17, 15) is 18.0 Å². The van der Waals surface area contributed by atoms with Crippen LogP contribution in [0.2, 0.25) is 0 Å². The fourth-order valence-corrected chi connectivity index (χ4v) is 2.65. The van der Waals surface area contributed by atoms with Crippen LogP contribution in [0.4, 0.5) is 18.9 Å². The molecule has 1 aromatic heterocycles. The summed E-state index contributed by atoms with van der Waals surface area (Å²) in [5, 5.41) is 6.26. The van der Waals surface area contributed by atoms with Crippen LogP contribution in [-0.4, -0.2) is 22.8 Å². The molecule has 0 radical (unpaired) electrons. The highest BCUT2D eigenvalue weighted by Crippen LogP contribution is 2.42. The molecule has 1 aromatic carbocycles. The van der Waals surface area contributed by atoms with E-state index in [0.717, 1.165) is 29.2 Å². The van der Waals surface area contributed by atoms with E-state index in [1.165, 1.54) is 7.11 Å². The average Bonchev–Trinajstić information content (AvgIpc) is 3.27. The number of carbonyl (C=O) groups is 1. The van der Waals surface area contributed by atoms with Crippen LogP contribution >= 0.6 is 0 Å². The zero-order valence-corrected chi connectivity index (χ0v) is 13.9. The lowest BCUT2D eigenvalue weighted by Gasteiger charge is -2.12. The van der Waals surface area contributed by atoms with Crippen LogP contribution in [-0.2, 0) is 17.5 Å². The van der Waals surface area contributed by atoms with Crippen LogP contribution in [0.15, 0.2) is 24.3 Å². The van der Waals surface area contributed by atoms with E-state index in [1.807, 2.05) is 13.0 Å². The Morgan fingerprint density at radius 2 is 2.08 bits per heavy atom. The van der Waals surface area contributed by atoms with Crippen molar-refractivity contribution in [3.63, 3.8) is 0 Å². The molecule has 5 nitrogen and oxygen atoms in total. The van der Waals surface area contributed by atoms with E-state index >= 15 is 0 Å². The summed E-state index contributed by atoms with van der Waals surface area (Å²) in [7, 11) is 1.48. The Balaban J connectivity index is 1.79. The molecule has 25 heavy (non-hydrogen) atoms. The molecule has 0 atom stereocenters. The fourth-order valence-electron chi connectivity index (χ4n) is 2.65. The van der Waals surface area contributed by atoms with Crippen molar-refractivity contribution in [3.8, 4) is 5.75 Å². The third kappa shape index (κ3) is 3.94. The largest absolute Gasteiger partial charge is 0.495 e. The van der Waals surface area contributed by atoms with Crippen molar-refractivity contribution >= 4 is 11.6 Å². The molecule has 134 valence electrons. The van der Waals surface area contributed by atoms with Crippen molar-refractivity contribution < 1.29 is 22.7 Å². The average molecular weight is 353 g/mol. The quantitative estimate of drug-likeness (QED) is 0.891. The second-order valence-electron chi connectivity index (χ2n) is 6.14. The number of alkyl halides is 3. The second-order valence-corrected chi connectivity index (χ2v) is 6.14. The fraction of sp³-hybridized carbons (Fsp3) is 0.412. The van der Waals surface area contributed by atoms with Gasteiger partial charge in [0, 0.05) is 11.6 Å². The van der Waals surface area contributed by atoms with Crippen molar-refractivity contribution in [2.24, 2.45) is 0 Å². The molecular weight excluding hydrogens is 335 g/mol. The van der Waals surface area contributed by atoms with E-state index in [0.29, 0.717) is 17.1 Å². The molecule has 3 rings (SSSR count). The molecule has 1 aliphatic rings. The summed E-state index contributed by atoms with van der Waals surface area (Å²) in [5.74, 6) is 0.0744. The molecule has 1 saturated carbocycles. The first-order chi connectivity index (χ1) is 11.8. The van der Waals surface area contributed by atoms with Gasteiger partial charge in [-0.3, -0.25) is 9.48 Å². The number of aryl methyl sites for hydroxylation is 1. The van der Waals surface area contributed by atoms with Gasteiger partial charge in [0.15, 0.2) is 5.69 Å². The standard InChI is InChI=1S/C17H18F3N3O2/c1-10-3-6-14(25-2)12(7-10)21-16(24)9-23-13(11-4-5-11)8-15(22-23)17(18,19)20/h3,6-8,11H,4-5,9H2,1-2H3,(H,21,24). The lowest BCUT2D eigenvalue weighted by Crippen LogP contribution is -2.21. The summed E-state index contributed by atoms with van der Waals surface area (Å²) in [6.07, 6.45) is -2.89. The van der Waals surface area contributed by atoms with Gasteiger partial charge >= 0.3 is 6.18 Å². The van der Waals surface area contributed by atoms with Gasteiger partial charge in [0.1, 0.15) is 12.3 Å². The number of methoxy groups -OCH3 is 1. The molecule has 8 heteroatoms. The van der Waals surface area contributed by atoms with Gasteiger partial charge in [-0.25, -0.2) is 0 Å². The predicted octanol–water partition coefficient (Wildman–Crippen LogP) is 3.74. The SMILES string of the molecule is COc1ccc(C)cc1NC(=O)Cn1nc(C(F)(F)F)cc1C1CC1. The van der Waals surface area contributed by atoms with E-state index in [2.05, 4.69) is 10.4 Å². The second kappa shape index (κ2) is 6.42. The van der Waals surface area contributed by atoms with Crippen LogP contribution in [0.3, 0.4) is 0 Å². The summed E-state index contributed by atoms with van der Waals surface area (Å²) in [6.45, 7) is 1.59. The Morgan fingerprint density at radius 1 is 1.36 bits per heavy atom. The Labute approximate surface area is 142 Å². The number of hydrogen-bond acceptors (Lipinski definition) is 3. The van der Waals surface area contributed by atoms with Gasteiger partial charge in [0.25, 0.3) is 0 Å². The van der Waals surface area contributed by atoms with Gasteiger partial charge in [-0.1, -0.05) is 6.07 Å². The minimum absolute atomic E-state index is 0.0462. The monoisotopic (exact) mass is 353 g/mol. The Bertz CT molecular complexity index is 795. The number of ether oxygens (including phenoxy) is 1. The number of amides is 1. The maximum absolute atomic E-state index is 12.9. The van der Waals surface area contributed by atoms with Crippen molar-refractivity contribution in [2.75, 3.05) is 12.4 Å². The number of hydrogen-bond donors (Lipinski definition) is 1. The normalized spacial score (nSPS) is 14.4. The van der Waals surface area contributed by atoms with Gasteiger partial charge in [-0.2, -0.15) is 18.3 Å². The predicted molar refractivity (Wildman–Crippen MR) is 85.6 cm³/mol. The van der Waals surface area contributed by atoms with Crippen LogP contribution in [0, 0.1) is 6.92 Å². The van der Waals surface area contributed by atoms with Gasteiger partial charge in [-0.05, 0) is 43.5 Å². The Kier molecular flexibility index (Phi) is 4.45. The Morgan fingerprint density at radius 3 is 2.68 bits per heavy atom. The number of benzene rings is 1. The summed E-state index contributed by atoms with van der Waals surface area (Å²) < 4.78 is 45.0. The molecule has 1 fully saturated rings. The van der Waals surface area contributed by atoms with E-state index in [4.69, 9.17) is 4.74 Å².